The minimum Gasteiger partial charge on any atom is -0.374 e. The van der Waals surface area contributed by atoms with Crippen LogP contribution in [0.15, 0.2) is 41.3 Å². The van der Waals surface area contributed by atoms with Crippen LogP contribution in [0.1, 0.15) is 92.0 Å². The molecule has 0 radical (unpaired) electrons. The molecule has 2 unspecified atom stereocenters. The summed E-state index contributed by atoms with van der Waals surface area (Å²) in [5.74, 6) is -1.23. The number of likely N-dealkylation sites (tertiary alicyclic amines) is 1. The number of piperidine rings is 1. The number of amides is 4. The number of likely N-dealkylation sites (N-methyl/N-ethyl adjacent to an activating group) is 1. The number of aliphatic hydroxyl groups is 1. The van der Waals surface area contributed by atoms with Crippen molar-refractivity contribution >= 4 is 50.1 Å². The van der Waals surface area contributed by atoms with Gasteiger partial charge >= 0.3 is 0 Å². The van der Waals surface area contributed by atoms with Gasteiger partial charge in [-0.3, -0.25) is 24.0 Å². The van der Waals surface area contributed by atoms with E-state index in [1.54, 1.807) is 43.4 Å². The maximum absolute atomic E-state index is 14.1. The van der Waals surface area contributed by atoms with E-state index >= 15 is 0 Å². The molecular weight excluding hydrogens is 789 g/mol. The predicted octanol–water partition coefficient (Wildman–Crippen LogP) is 2.14. The standard InChI is InChI=1S/C43H52N8O8S/c1-48-20-31-29-17-26(23-60(3,58)59)28(18-34(29)50(19-24-10-11-24)21-32-36(31)38(43(48)57)47-37(32)40(54)46-16-14-44)39(53)45-15-5-4-7-25-8-6-9-27-30(25)22-51(41(27)55)33-12-13-35(52)49(2)42(33)56/h6,8-9,17-18,20,24,33,35,47,52H,4-5,7,10-16,19,21-23,44H2,1-3H3,(H,45,53)(H,46,54). The van der Waals surface area contributed by atoms with E-state index < -0.39 is 28.0 Å². The zero-order valence-corrected chi connectivity index (χ0v) is 35.0. The van der Waals surface area contributed by atoms with Crippen LogP contribution in [-0.4, -0.2) is 108 Å². The summed E-state index contributed by atoms with van der Waals surface area (Å²) in [6.45, 7) is 2.06. The van der Waals surface area contributed by atoms with Gasteiger partial charge in [-0.1, -0.05) is 12.1 Å². The number of unbranched alkanes of at least 4 members (excludes halogenated alkanes) is 1. The van der Waals surface area contributed by atoms with E-state index in [2.05, 4.69) is 20.5 Å². The number of nitrogens with two attached hydrogens (primary N) is 1. The van der Waals surface area contributed by atoms with Gasteiger partial charge in [0.15, 0.2) is 9.84 Å². The molecule has 2 atom stereocenters. The van der Waals surface area contributed by atoms with Crippen LogP contribution in [-0.2, 0) is 46.9 Å². The number of aromatic amines is 1. The van der Waals surface area contributed by atoms with Crippen LogP contribution in [0.4, 0.5) is 5.69 Å². The fourth-order valence-corrected chi connectivity index (χ4v) is 9.84. The Morgan fingerprint density at radius 1 is 0.917 bits per heavy atom. The summed E-state index contributed by atoms with van der Waals surface area (Å²) in [6, 6.07) is 8.50. The van der Waals surface area contributed by atoms with Crippen LogP contribution in [0.3, 0.4) is 0 Å². The van der Waals surface area contributed by atoms with Crippen molar-refractivity contribution in [2.75, 3.05) is 44.4 Å². The van der Waals surface area contributed by atoms with Gasteiger partial charge in [0.1, 0.15) is 23.5 Å². The van der Waals surface area contributed by atoms with Gasteiger partial charge < -0.3 is 45.7 Å². The lowest BCUT2D eigenvalue weighted by molar-refractivity contribution is -0.150. The fourth-order valence-electron chi connectivity index (χ4n) is 9.03. The number of benzene rings is 2. The van der Waals surface area contributed by atoms with Crippen molar-refractivity contribution in [2.45, 2.75) is 76.1 Å². The number of H-pyrrole nitrogens is 1. The van der Waals surface area contributed by atoms with E-state index in [4.69, 9.17) is 5.73 Å². The van der Waals surface area contributed by atoms with Crippen molar-refractivity contribution in [3.8, 4) is 11.1 Å². The average Bonchev–Trinajstić information content (AvgIpc) is 3.89. The molecule has 2 aromatic heterocycles. The first-order valence-electron chi connectivity index (χ1n) is 20.6. The van der Waals surface area contributed by atoms with Crippen molar-refractivity contribution in [2.24, 2.45) is 18.7 Å². The van der Waals surface area contributed by atoms with E-state index in [-0.39, 0.29) is 65.4 Å². The number of hydrogen-bond acceptors (Lipinski definition) is 10. The summed E-state index contributed by atoms with van der Waals surface area (Å²) in [5.41, 5.74) is 11.6. The Hall–Kier alpha value is -5.52. The highest BCUT2D eigenvalue weighted by Crippen LogP contribution is 2.45. The van der Waals surface area contributed by atoms with Crippen LogP contribution >= 0.6 is 0 Å². The molecule has 4 amide bonds. The Labute approximate surface area is 348 Å². The maximum Gasteiger partial charge on any atom is 0.274 e. The van der Waals surface area contributed by atoms with Crippen molar-refractivity contribution in [1.29, 1.82) is 0 Å². The second kappa shape index (κ2) is 16.2. The average molecular weight is 841 g/mol. The highest BCUT2D eigenvalue weighted by atomic mass is 32.2. The number of fused-ring (bicyclic) bond motifs is 3. The number of nitrogens with one attached hydrogen (secondary N) is 3. The first-order valence-corrected chi connectivity index (χ1v) is 22.7. The van der Waals surface area contributed by atoms with Gasteiger partial charge in [-0.05, 0) is 85.8 Å². The van der Waals surface area contributed by atoms with Crippen molar-refractivity contribution in [3.05, 3.63) is 86.0 Å². The normalized spacial score (nSPS) is 18.8. The third kappa shape index (κ3) is 7.81. The number of hydrogen-bond donors (Lipinski definition) is 5. The molecule has 4 aromatic rings. The highest BCUT2D eigenvalue weighted by Gasteiger charge is 2.42. The number of carbonyl (C=O) groups excluding carboxylic acids is 4. The number of aryl methyl sites for hydroxylation is 2. The third-order valence-corrected chi connectivity index (χ3v) is 13.2. The SMILES string of the molecule is CN1C(=O)C(N2Cc3c(CCCCNC(=O)c4cc5c(cc4CS(C)(=O)=O)-c4cn(C)c(=O)c6[nH]c(C(=O)NCCN)c(c46)CN5CC4CC4)cccc3C2=O)CCC1O. The zero-order chi connectivity index (χ0) is 42.6. The van der Waals surface area contributed by atoms with Gasteiger partial charge in [0, 0.05) is 105 Å². The summed E-state index contributed by atoms with van der Waals surface area (Å²) in [7, 11) is -0.423. The number of anilines is 1. The van der Waals surface area contributed by atoms with Crippen molar-refractivity contribution in [1.82, 2.24) is 30.0 Å². The second-order valence-corrected chi connectivity index (χ2v) is 18.9. The molecular formula is C43H52N8O8S. The summed E-state index contributed by atoms with van der Waals surface area (Å²) >= 11 is 0. The molecule has 0 spiro atoms. The summed E-state index contributed by atoms with van der Waals surface area (Å²) in [6.07, 6.45) is 6.80. The van der Waals surface area contributed by atoms with Crippen LogP contribution in [0.25, 0.3) is 22.0 Å². The number of rotatable bonds is 14. The number of pyridine rings is 1. The first-order chi connectivity index (χ1) is 28.6. The molecule has 2 fully saturated rings. The van der Waals surface area contributed by atoms with Crippen LogP contribution < -0.4 is 26.8 Å². The van der Waals surface area contributed by atoms with E-state index in [0.717, 1.165) is 30.2 Å². The van der Waals surface area contributed by atoms with Crippen LogP contribution in [0.5, 0.6) is 0 Å². The van der Waals surface area contributed by atoms with E-state index in [1.165, 1.54) is 9.47 Å². The van der Waals surface area contributed by atoms with E-state index in [1.807, 2.05) is 12.1 Å². The monoisotopic (exact) mass is 840 g/mol. The fraction of sp³-hybridized carbons (Fsp3) is 0.465. The number of aliphatic hydroxyl groups excluding tert-OH is 1. The lowest BCUT2D eigenvalue weighted by Gasteiger charge is -2.37. The zero-order valence-electron chi connectivity index (χ0n) is 34.2. The molecule has 60 heavy (non-hydrogen) atoms. The van der Waals surface area contributed by atoms with E-state index in [9.17, 15) is 37.5 Å². The molecule has 6 N–H and O–H groups in total. The van der Waals surface area contributed by atoms with Gasteiger partial charge in [0.2, 0.25) is 5.91 Å². The number of sulfone groups is 1. The Bertz CT molecular complexity index is 2600. The topological polar surface area (TPSA) is 220 Å². The van der Waals surface area contributed by atoms with Crippen molar-refractivity contribution < 1.29 is 32.7 Å². The number of aromatic nitrogens is 2. The number of nitrogens with zero attached hydrogens (tertiary/aromatic N) is 4. The molecule has 318 valence electrons. The first kappa shape index (κ1) is 41.2. The van der Waals surface area contributed by atoms with Crippen LogP contribution in [0.2, 0.25) is 0 Å². The van der Waals surface area contributed by atoms with Crippen molar-refractivity contribution in [3.63, 3.8) is 0 Å². The minimum absolute atomic E-state index is 0.189. The van der Waals surface area contributed by atoms with Gasteiger partial charge in [-0.2, -0.15) is 0 Å². The second-order valence-electron chi connectivity index (χ2n) is 16.8. The molecule has 1 saturated heterocycles. The number of carbonyl (C=O) groups is 4. The molecule has 17 heteroatoms. The largest absolute Gasteiger partial charge is 0.374 e. The Balaban J connectivity index is 1.04. The third-order valence-electron chi connectivity index (χ3n) is 12.3. The van der Waals surface area contributed by atoms with Crippen LogP contribution in [0, 0.1) is 5.92 Å². The molecule has 1 saturated carbocycles. The molecule has 5 heterocycles. The Morgan fingerprint density at radius 2 is 1.68 bits per heavy atom. The minimum atomic E-state index is -3.60. The Kier molecular flexibility index (Phi) is 11.1. The quantitative estimate of drug-likeness (QED) is 0.117. The van der Waals surface area contributed by atoms with Gasteiger partial charge in [-0.25, -0.2) is 8.42 Å². The summed E-state index contributed by atoms with van der Waals surface area (Å²) in [5, 5.41) is 16.6. The molecule has 4 aliphatic rings. The smallest absolute Gasteiger partial charge is 0.274 e. The molecule has 3 aliphatic heterocycles. The lowest BCUT2D eigenvalue weighted by atomic mass is 9.95. The highest BCUT2D eigenvalue weighted by molar-refractivity contribution is 7.89. The predicted molar refractivity (Wildman–Crippen MR) is 226 cm³/mol. The Morgan fingerprint density at radius 3 is 2.42 bits per heavy atom. The summed E-state index contributed by atoms with van der Waals surface area (Å²) < 4.78 is 27.2. The summed E-state index contributed by atoms with van der Waals surface area (Å²) in [4.78, 5) is 75.7. The molecule has 16 nitrogen and oxygen atoms in total. The lowest BCUT2D eigenvalue weighted by Crippen LogP contribution is -2.54. The van der Waals surface area contributed by atoms with Gasteiger partial charge in [-0.15, -0.1) is 0 Å². The van der Waals surface area contributed by atoms with E-state index in [0.29, 0.717) is 96.5 Å². The molecule has 0 bridgehead atoms. The van der Waals surface area contributed by atoms with Gasteiger partial charge in [0.05, 0.1) is 5.75 Å². The van der Waals surface area contributed by atoms with Gasteiger partial charge in [0.25, 0.3) is 23.3 Å². The molecule has 2 aromatic carbocycles. The molecule has 1 aliphatic carbocycles. The maximum atomic E-state index is 14.1. The molecule has 8 rings (SSSR count).